The molecule has 0 spiro atoms. The van der Waals surface area contributed by atoms with E-state index in [0.717, 1.165) is 99.0 Å². The normalized spacial score (nSPS) is 12.3. The molecule has 0 fully saturated rings. The van der Waals surface area contributed by atoms with Crippen molar-refractivity contribution in [2.24, 2.45) is 0 Å². The minimum atomic E-state index is 0.868. The van der Waals surface area contributed by atoms with Crippen molar-refractivity contribution in [1.29, 1.82) is 0 Å². The third-order valence-electron chi connectivity index (χ3n) is 9.60. The highest BCUT2D eigenvalue weighted by molar-refractivity contribution is 6.24. The van der Waals surface area contributed by atoms with Gasteiger partial charge in [0.15, 0.2) is 0 Å². The molecule has 4 heteroatoms. The predicted molar refractivity (Wildman–Crippen MR) is 188 cm³/mol. The average Bonchev–Trinajstić information content (AvgIpc) is 3.85. The van der Waals surface area contributed by atoms with Crippen LogP contribution in [0.4, 0.5) is 0 Å². The van der Waals surface area contributed by atoms with Crippen LogP contribution in [0.5, 0.6) is 0 Å². The Labute approximate surface area is 261 Å². The molecule has 0 aliphatic rings. The molecule has 0 unspecified atom stereocenters. The molecule has 0 bridgehead atoms. The summed E-state index contributed by atoms with van der Waals surface area (Å²) < 4.78 is 21.3. The summed E-state index contributed by atoms with van der Waals surface area (Å²) in [6, 6.07) is 48.9. The second-order valence-corrected chi connectivity index (χ2v) is 12.1. The number of furan rings is 3. The first-order valence-electron chi connectivity index (χ1n) is 15.5. The summed E-state index contributed by atoms with van der Waals surface area (Å²) in [5, 5.41) is 9.01. The van der Waals surface area contributed by atoms with Crippen molar-refractivity contribution in [2.45, 2.75) is 0 Å². The van der Waals surface area contributed by atoms with Gasteiger partial charge in [0, 0.05) is 43.4 Å². The van der Waals surface area contributed by atoms with Gasteiger partial charge in [-0.05, 0) is 83.9 Å². The zero-order valence-electron chi connectivity index (χ0n) is 24.5. The SMILES string of the molecule is c1ccc2c(c1)oc1ccc(-c3ccc4c(c3)oc3ccc(-n5c6ccccc6c6c7oc8ccccc8c7ccc65)cc34)cc12. The number of rotatable bonds is 2. The Balaban J connectivity index is 1.10. The van der Waals surface area contributed by atoms with Gasteiger partial charge in [0.1, 0.15) is 33.5 Å². The fourth-order valence-corrected chi connectivity index (χ4v) is 7.50. The van der Waals surface area contributed by atoms with E-state index in [0.29, 0.717) is 0 Å². The molecule has 0 aliphatic heterocycles. The van der Waals surface area contributed by atoms with Crippen LogP contribution in [0.15, 0.2) is 153 Å². The van der Waals surface area contributed by atoms with Gasteiger partial charge in [0.25, 0.3) is 0 Å². The highest BCUT2D eigenvalue weighted by Crippen LogP contribution is 2.42. The topological polar surface area (TPSA) is 44.4 Å². The molecule has 11 rings (SSSR count). The maximum absolute atomic E-state index is 6.49. The van der Waals surface area contributed by atoms with Crippen LogP contribution in [-0.2, 0) is 0 Å². The van der Waals surface area contributed by atoms with Crippen LogP contribution in [0.1, 0.15) is 0 Å². The Morgan fingerprint density at radius 2 is 0.935 bits per heavy atom. The number of aromatic nitrogens is 1. The van der Waals surface area contributed by atoms with Crippen LogP contribution in [0, 0.1) is 0 Å². The van der Waals surface area contributed by atoms with Crippen molar-refractivity contribution in [3.05, 3.63) is 140 Å². The van der Waals surface area contributed by atoms with Crippen LogP contribution in [0.2, 0.25) is 0 Å². The van der Waals surface area contributed by atoms with E-state index in [4.69, 9.17) is 13.3 Å². The molecule has 0 atom stereocenters. The van der Waals surface area contributed by atoms with E-state index in [9.17, 15) is 0 Å². The summed E-state index contributed by atoms with van der Waals surface area (Å²) in [5.74, 6) is 0. The first kappa shape index (κ1) is 24.1. The molecule has 0 N–H and O–H groups in total. The minimum absolute atomic E-state index is 0.868. The van der Waals surface area contributed by atoms with Crippen LogP contribution in [0.25, 0.3) is 104 Å². The van der Waals surface area contributed by atoms with Gasteiger partial charge in [-0.15, -0.1) is 0 Å². The lowest BCUT2D eigenvalue weighted by Crippen LogP contribution is -1.93. The fourth-order valence-electron chi connectivity index (χ4n) is 7.50. The number of hydrogen-bond acceptors (Lipinski definition) is 3. The van der Waals surface area contributed by atoms with E-state index < -0.39 is 0 Å². The van der Waals surface area contributed by atoms with E-state index >= 15 is 0 Å². The Bertz CT molecular complexity index is 3040. The molecule has 4 aromatic heterocycles. The lowest BCUT2D eigenvalue weighted by Gasteiger charge is -2.08. The molecule has 0 amide bonds. The van der Waals surface area contributed by atoms with Gasteiger partial charge >= 0.3 is 0 Å². The molecule has 0 saturated heterocycles. The zero-order valence-corrected chi connectivity index (χ0v) is 24.5. The average molecular weight is 590 g/mol. The monoisotopic (exact) mass is 589 g/mol. The van der Waals surface area contributed by atoms with E-state index in [2.05, 4.69) is 120 Å². The minimum Gasteiger partial charge on any atom is -0.456 e. The summed E-state index contributed by atoms with van der Waals surface area (Å²) in [5.41, 5.74) is 10.9. The maximum Gasteiger partial charge on any atom is 0.145 e. The summed E-state index contributed by atoms with van der Waals surface area (Å²) in [7, 11) is 0. The van der Waals surface area contributed by atoms with E-state index in [1.54, 1.807) is 0 Å². The molecule has 4 nitrogen and oxygen atoms in total. The lowest BCUT2D eigenvalue weighted by molar-refractivity contribution is 0.669. The molecule has 4 heterocycles. The Hall–Kier alpha value is -6.26. The number of benzene rings is 7. The Kier molecular flexibility index (Phi) is 4.55. The van der Waals surface area contributed by atoms with Gasteiger partial charge in [-0.2, -0.15) is 0 Å². The highest BCUT2D eigenvalue weighted by atomic mass is 16.3. The van der Waals surface area contributed by atoms with Crippen LogP contribution >= 0.6 is 0 Å². The van der Waals surface area contributed by atoms with Gasteiger partial charge in [-0.3, -0.25) is 0 Å². The summed E-state index contributed by atoms with van der Waals surface area (Å²) in [6.45, 7) is 0. The third kappa shape index (κ3) is 3.17. The predicted octanol–water partition coefficient (Wildman–Crippen LogP) is 12.1. The molecule has 0 radical (unpaired) electrons. The lowest BCUT2D eigenvalue weighted by atomic mass is 10.0. The summed E-state index contributed by atoms with van der Waals surface area (Å²) >= 11 is 0. The van der Waals surface area contributed by atoms with Crippen molar-refractivity contribution in [3.63, 3.8) is 0 Å². The van der Waals surface area contributed by atoms with Gasteiger partial charge in [-0.1, -0.05) is 66.7 Å². The standard InChI is InChI=1S/C42H23NO3/c1-4-10-34-31(9-1)41-35(18-17-30-27-7-2-6-12-37(27)46-42(30)41)43(34)26-15-20-39-33(23-26)29-16-13-25(22-40(29)45-39)24-14-19-38-32(21-24)28-8-3-5-11-36(28)44-38/h1-23H. The zero-order chi connectivity index (χ0) is 29.9. The van der Waals surface area contributed by atoms with Crippen molar-refractivity contribution >= 4 is 87.6 Å². The molecule has 0 saturated carbocycles. The van der Waals surface area contributed by atoms with Crippen molar-refractivity contribution < 1.29 is 13.3 Å². The number of fused-ring (bicyclic) bond motifs is 13. The molecular weight excluding hydrogens is 566 g/mol. The van der Waals surface area contributed by atoms with Crippen molar-refractivity contribution in [3.8, 4) is 16.8 Å². The van der Waals surface area contributed by atoms with Gasteiger partial charge in [0.05, 0.1) is 16.4 Å². The Morgan fingerprint density at radius 1 is 0.348 bits per heavy atom. The smallest absolute Gasteiger partial charge is 0.145 e. The third-order valence-corrected chi connectivity index (χ3v) is 9.60. The molecule has 11 aromatic rings. The van der Waals surface area contributed by atoms with Gasteiger partial charge in [0.2, 0.25) is 0 Å². The van der Waals surface area contributed by atoms with Crippen LogP contribution < -0.4 is 0 Å². The molecular formula is C42H23NO3. The van der Waals surface area contributed by atoms with Crippen molar-refractivity contribution in [2.75, 3.05) is 0 Å². The van der Waals surface area contributed by atoms with E-state index in [1.165, 1.54) is 5.39 Å². The van der Waals surface area contributed by atoms with E-state index in [1.807, 2.05) is 24.3 Å². The molecule has 46 heavy (non-hydrogen) atoms. The first-order chi connectivity index (χ1) is 22.8. The first-order valence-corrected chi connectivity index (χ1v) is 15.5. The fraction of sp³-hybridized carbons (Fsp3) is 0. The van der Waals surface area contributed by atoms with Crippen molar-refractivity contribution in [1.82, 2.24) is 4.57 Å². The van der Waals surface area contributed by atoms with Crippen LogP contribution in [-0.4, -0.2) is 4.57 Å². The molecule has 7 aromatic carbocycles. The van der Waals surface area contributed by atoms with E-state index in [-0.39, 0.29) is 0 Å². The van der Waals surface area contributed by atoms with Gasteiger partial charge in [-0.25, -0.2) is 0 Å². The highest BCUT2D eigenvalue weighted by Gasteiger charge is 2.19. The second-order valence-electron chi connectivity index (χ2n) is 12.1. The van der Waals surface area contributed by atoms with Crippen LogP contribution in [0.3, 0.4) is 0 Å². The van der Waals surface area contributed by atoms with Gasteiger partial charge < -0.3 is 17.8 Å². The Morgan fingerprint density at radius 3 is 1.80 bits per heavy atom. The maximum atomic E-state index is 6.49. The number of nitrogens with zero attached hydrogens (tertiary/aromatic N) is 1. The second kappa shape index (κ2) is 8.68. The number of para-hydroxylation sites is 3. The molecule has 0 aliphatic carbocycles. The quantitative estimate of drug-likeness (QED) is 0.201. The molecule has 214 valence electrons. The summed E-state index contributed by atoms with van der Waals surface area (Å²) in [6.07, 6.45) is 0. The largest absolute Gasteiger partial charge is 0.456 e. The number of hydrogen-bond donors (Lipinski definition) is 0. The summed E-state index contributed by atoms with van der Waals surface area (Å²) in [4.78, 5) is 0.